The number of imidazole rings is 1. The Balaban J connectivity index is 1.94. The van der Waals surface area contributed by atoms with Gasteiger partial charge in [0, 0.05) is 30.2 Å². The quantitative estimate of drug-likeness (QED) is 0.876. The molecule has 0 aliphatic carbocycles. The highest BCUT2D eigenvalue weighted by Crippen LogP contribution is 2.27. The fraction of sp³-hybridized carbons (Fsp3) is 0.750. The Hall–Kier alpha value is -0.640. The van der Waals surface area contributed by atoms with Crippen LogP contribution in [0.15, 0.2) is 12.4 Å². The van der Waals surface area contributed by atoms with Crippen molar-refractivity contribution in [2.75, 3.05) is 11.1 Å². The van der Waals surface area contributed by atoms with E-state index in [1.54, 1.807) is 0 Å². The van der Waals surface area contributed by atoms with Gasteiger partial charge in [-0.3, -0.25) is 0 Å². The Bertz CT molecular complexity index is 316. The van der Waals surface area contributed by atoms with E-state index in [4.69, 9.17) is 0 Å². The number of nitrogens with one attached hydrogen (secondary N) is 1. The number of anilines is 1. The lowest BCUT2D eigenvalue weighted by atomic mass is 10.2. The molecule has 0 saturated carbocycles. The summed E-state index contributed by atoms with van der Waals surface area (Å²) in [4.78, 5) is 4.36. The van der Waals surface area contributed by atoms with Gasteiger partial charge in [-0.2, -0.15) is 11.8 Å². The molecule has 1 N–H and O–H groups in total. The maximum absolute atomic E-state index is 4.36. The Kier molecular flexibility index (Phi) is 4.16. The first-order chi connectivity index (χ1) is 7.75. The zero-order valence-electron chi connectivity index (χ0n) is 10.1. The summed E-state index contributed by atoms with van der Waals surface area (Å²) in [5.41, 5.74) is 0. The fourth-order valence-electron chi connectivity index (χ4n) is 2.03. The van der Waals surface area contributed by atoms with Crippen LogP contribution in [0.2, 0.25) is 0 Å². The summed E-state index contributed by atoms with van der Waals surface area (Å²) in [5.74, 6) is 2.34. The van der Waals surface area contributed by atoms with E-state index in [1.165, 1.54) is 25.0 Å². The van der Waals surface area contributed by atoms with Crippen molar-refractivity contribution in [3.8, 4) is 0 Å². The van der Waals surface area contributed by atoms with Crippen LogP contribution in [0.3, 0.4) is 0 Å². The molecule has 1 atom stereocenters. The van der Waals surface area contributed by atoms with Gasteiger partial charge in [-0.05, 0) is 32.4 Å². The first-order valence-electron chi connectivity index (χ1n) is 6.15. The van der Waals surface area contributed by atoms with E-state index >= 15 is 0 Å². The van der Waals surface area contributed by atoms with Crippen molar-refractivity contribution in [2.24, 2.45) is 0 Å². The van der Waals surface area contributed by atoms with Crippen LogP contribution in [0.1, 0.15) is 33.1 Å². The molecule has 2 heterocycles. The summed E-state index contributed by atoms with van der Waals surface area (Å²) in [6, 6.07) is 0.445. The SMILES string of the molecule is CC(C)Nc1nccn1CC1CCCCS1. The molecular formula is C12H21N3S. The van der Waals surface area contributed by atoms with E-state index in [9.17, 15) is 0 Å². The number of aromatic nitrogens is 2. The van der Waals surface area contributed by atoms with E-state index in [2.05, 4.69) is 46.7 Å². The largest absolute Gasteiger partial charge is 0.353 e. The van der Waals surface area contributed by atoms with Crippen molar-refractivity contribution in [1.82, 2.24) is 9.55 Å². The van der Waals surface area contributed by atoms with Gasteiger partial charge >= 0.3 is 0 Å². The van der Waals surface area contributed by atoms with E-state index in [0.29, 0.717) is 6.04 Å². The molecule has 1 aliphatic heterocycles. The van der Waals surface area contributed by atoms with Crippen LogP contribution < -0.4 is 5.32 Å². The number of nitrogens with zero attached hydrogens (tertiary/aromatic N) is 2. The molecule has 0 aromatic carbocycles. The highest BCUT2D eigenvalue weighted by atomic mass is 32.2. The van der Waals surface area contributed by atoms with Gasteiger partial charge in [0.15, 0.2) is 0 Å². The van der Waals surface area contributed by atoms with Crippen molar-refractivity contribution < 1.29 is 0 Å². The first-order valence-corrected chi connectivity index (χ1v) is 7.20. The summed E-state index contributed by atoms with van der Waals surface area (Å²) < 4.78 is 2.25. The van der Waals surface area contributed by atoms with Crippen molar-refractivity contribution in [1.29, 1.82) is 0 Å². The molecule has 1 aromatic rings. The second kappa shape index (κ2) is 5.62. The molecule has 4 heteroatoms. The van der Waals surface area contributed by atoms with Gasteiger partial charge in [0.2, 0.25) is 5.95 Å². The third-order valence-electron chi connectivity index (χ3n) is 2.81. The minimum atomic E-state index is 0.445. The Morgan fingerprint density at radius 2 is 2.44 bits per heavy atom. The third kappa shape index (κ3) is 3.17. The topological polar surface area (TPSA) is 29.9 Å². The second-order valence-corrected chi connectivity index (χ2v) is 6.10. The standard InChI is InChI=1S/C12H21N3S/c1-10(2)14-12-13-6-7-15(12)9-11-5-3-4-8-16-11/h6-7,10-11H,3-5,8-9H2,1-2H3,(H,13,14). The normalized spacial score (nSPS) is 21.3. The number of thioether (sulfide) groups is 1. The smallest absolute Gasteiger partial charge is 0.203 e. The van der Waals surface area contributed by atoms with Crippen molar-refractivity contribution in [2.45, 2.75) is 50.9 Å². The van der Waals surface area contributed by atoms with Gasteiger partial charge in [0.1, 0.15) is 0 Å². The van der Waals surface area contributed by atoms with E-state index in [-0.39, 0.29) is 0 Å². The second-order valence-electron chi connectivity index (χ2n) is 4.69. The van der Waals surface area contributed by atoms with E-state index < -0.39 is 0 Å². The molecule has 1 aliphatic rings. The van der Waals surface area contributed by atoms with Gasteiger partial charge in [-0.1, -0.05) is 6.42 Å². The zero-order valence-corrected chi connectivity index (χ0v) is 11.0. The number of rotatable bonds is 4. The molecule has 16 heavy (non-hydrogen) atoms. The third-order valence-corrected chi connectivity index (χ3v) is 4.19. The summed E-state index contributed by atoms with van der Waals surface area (Å²) in [5, 5.41) is 4.16. The molecule has 1 saturated heterocycles. The maximum atomic E-state index is 4.36. The van der Waals surface area contributed by atoms with Gasteiger partial charge in [0.05, 0.1) is 0 Å². The molecule has 90 valence electrons. The lowest BCUT2D eigenvalue weighted by Crippen LogP contribution is -2.20. The summed E-state index contributed by atoms with van der Waals surface area (Å²) in [6.07, 6.45) is 8.10. The van der Waals surface area contributed by atoms with Crippen LogP contribution >= 0.6 is 11.8 Å². The minimum Gasteiger partial charge on any atom is -0.353 e. The van der Waals surface area contributed by atoms with Crippen molar-refractivity contribution >= 4 is 17.7 Å². The van der Waals surface area contributed by atoms with Gasteiger partial charge in [-0.15, -0.1) is 0 Å². The van der Waals surface area contributed by atoms with E-state index in [0.717, 1.165) is 17.7 Å². The highest BCUT2D eigenvalue weighted by molar-refractivity contribution is 7.99. The first kappa shape index (κ1) is 11.8. The molecule has 1 unspecified atom stereocenters. The molecular weight excluding hydrogens is 218 g/mol. The maximum Gasteiger partial charge on any atom is 0.203 e. The molecule has 2 rings (SSSR count). The predicted molar refractivity (Wildman–Crippen MR) is 71.1 cm³/mol. The number of hydrogen-bond acceptors (Lipinski definition) is 3. The fourth-order valence-corrected chi connectivity index (χ4v) is 3.33. The Morgan fingerprint density at radius 3 is 3.12 bits per heavy atom. The average molecular weight is 239 g/mol. The summed E-state index contributed by atoms with van der Waals surface area (Å²) in [7, 11) is 0. The van der Waals surface area contributed by atoms with Crippen LogP contribution in [0.4, 0.5) is 5.95 Å². The highest BCUT2D eigenvalue weighted by Gasteiger charge is 2.15. The molecule has 0 amide bonds. The molecule has 1 aromatic heterocycles. The molecule has 0 radical (unpaired) electrons. The Morgan fingerprint density at radius 1 is 1.56 bits per heavy atom. The summed E-state index contributed by atoms with van der Waals surface area (Å²) >= 11 is 2.11. The molecule has 1 fully saturated rings. The van der Waals surface area contributed by atoms with Crippen LogP contribution in [-0.4, -0.2) is 26.6 Å². The number of hydrogen-bond donors (Lipinski definition) is 1. The molecule has 0 spiro atoms. The monoisotopic (exact) mass is 239 g/mol. The van der Waals surface area contributed by atoms with Crippen LogP contribution in [0.25, 0.3) is 0 Å². The Labute approximate surface area is 102 Å². The predicted octanol–water partition coefficient (Wildman–Crippen LogP) is 2.99. The van der Waals surface area contributed by atoms with Crippen LogP contribution in [0, 0.1) is 0 Å². The van der Waals surface area contributed by atoms with Gasteiger partial charge < -0.3 is 9.88 Å². The van der Waals surface area contributed by atoms with Crippen LogP contribution in [-0.2, 0) is 6.54 Å². The molecule has 0 bridgehead atoms. The van der Waals surface area contributed by atoms with Crippen molar-refractivity contribution in [3.05, 3.63) is 12.4 Å². The minimum absolute atomic E-state index is 0.445. The average Bonchev–Trinajstić information content (AvgIpc) is 2.66. The lowest BCUT2D eigenvalue weighted by Gasteiger charge is -2.22. The summed E-state index contributed by atoms with van der Waals surface area (Å²) in [6.45, 7) is 5.39. The van der Waals surface area contributed by atoms with Gasteiger partial charge in [0.25, 0.3) is 0 Å². The van der Waals surface area contributed by atoms with Gasteiger partial charge in [-0.25, -0.2) is 4.98 Å². The van der Waals surface area contributed by atoms with Crippen LogP contribution in [0.5, 0.6) is 0 Å². The van der Waals surface area contributed by atoms with Crippen molar-refractivity contribution in [3.63, 3.8) is 0 Å². The van der Waals surface area contributed by atoms with E-state index in [1.807, 2.05) is 6.20 Å². The zero-order chi connectivity index (χ0) is 11.4. The lowest BCUT2D eigenvalue weighted by molar-refractivity contribution is 0.584. The molecule has 3 nitrogen and oxygen atoms in total.